The molecular formula is C32H46NO9P. The van der Waals surface area contributed by atoms with Gasteiger partial charge in [-0.15, -0.1) is 11.8 Å². The average molecular weight is 620 g/mol. The maximum atomic E-state index is 12.3. The summed E-state index contributed by atoms with van der Waals surface area (Å²) in [6, 6.07) is 6.58. The number of nitrogens with zero attached hydrogens (tertiary/aromatic N) is 1. The monoisotopic (exact) mass is 619 g/mol. The molecule has 2 aliphatic rings. The van der Waals surface area contributed by atoms with Crippen molar-refractivity contribution in [1.82, 2.24) is 0 Å². The number of allylic oxidation sites excluding steroid dienone is 2. The molecule has 0 bridgehead atoms. The molecule has 1 aliphatic carbocycles. The summed E-state index contributed by atoms with van der Waals surface area (Å²) in [6.07, 6.45) is 8.06. The van der Waals surface area contributed by atoms with Crippen molar-refractivity contribution in [2.24, 2.45) is 17.8 Å². The minimum Gasteiger partial charge on any atom is -0.746 e. The van der Waals surface area contributed by atoms with E-state index in [0.29, 0.717) is 48.8 Å². The maximum Gasteiger partial charge on any atom is 0.317 e. The molecule has 0 radical (unpaired) electrons. The van der Waals surface area contributed by atoms with E-state index >= 15 is 0 Å². The summed E-state index contributed by atoms with van der Waals surface area (Å²) < 4.78 is 27.8. The van der Waals surface area contributed by atoms with Crippen molar-refractivity contribution in [2.45, 2.75) is 77.2 Å². The molecule has 0 aromatic heterocycles. The molecule has 7 atom stereocenters. The molecule has 238 valence electrons. The zero-order valence-electron chi connectivity index (χ0n) is 25.6. The van der Waals surface area contributed by atoms with Crippen LogP contribution in [-0.4, -0.2) is 71.1 Å². The van der Waals surface area contributed by atoms with Crippen molar-refractivity contribution in [1.29, 1.82) is 0 Å². The smallest absolute Gasteiger partial charge is 0.317 e. The Hall–Kier alpha value is -2.64. The van der Waals surface area contributed by atoms with Crippen LogP contribution in [0.3, 0.4) is 0 Å². The molecule has 1 aliphatic heterocycles. The molecule has 11 heteroatoms. The van der Waals surface area contributed by atoms with E-state index in [4.69, 9.17) is 18.9 Å². The van der Waals surface area contributed by atoms with E-state index in [-0.39, 0.29) is 48.6 Å². The number of carbonyl (C=O) groups excluding carboxylic acids is 1. The van der Waals surface area contributed by atoms with Crippen molar-refractivity contribution in [3.05, 3.63) is 53.8 Å². The molecule has 1 aromatic carbocycles. The molecule has 1 heterocycles. The third kappa shape index (κ3) is 11.4. The Morgan fingerprint density at radius 3 is 2.79 bits per heavy atom. The average Bonchev–Trinajstić information content (AvgIpc) is 3.44. The van der Waals surface area contributed by atoms with E-state index in [0.717, 1.165) is 12.2 Å². The predicted octanol–water partition coefficient (Wildman–Crippen LogP) is 3.45. The molecule has 2 fully saturated rings. The standard InChI is InChI=1S/C32H46NO9P/c1-5-6-11-23(2)28(34)17-16-26-27-20-25(41-31(27)21-29(26)35)13-8-10-15-32(36)40-19-18-33(3,4)22-24-12-7-9-14-30(24)42-43(37,38)39/h7,9,12-14,16-17,23,26-29,31,34-35H,8,10-11,15,18-22H2,1-4H3,(H-,37,38,39)/b17-16+,25-13-/t23?,26-,27-,28-,29-,31+/m1/s1. The molecule has 1 aromatic rings. The fourth-order valence-corrected chi connectivity index (χ4v) is 6.00. The number of likely N-dealkylation sites (N-methyl/N-ethyl adjacent to an activating group) is 1. The molecule has 3 rings (SSSR count). The first-order chi connectivity index (χ1) is 20.3. The van der Waals surface area contributed by atoms with Crippen molar-refractivity contribution in [2.75, 3.05) is 27.2 Å². The zero-order valence-corrected chi connectivity index (χ0v) is 26.4. The number of phosphoric acid groups is 1. The van der Waals surface area contributed by atoms with E-state index in [1.54, 1.807) is 31.2 Å². The molecule has 2 unspecified atom stereocenters. The van der Waals surface area contributed by atoms with Gasteiger partial charge in [0.2, 0.25) is 0 Å². The first-order valence-corrected chi connectivity index (χ1v) is 16.4. The molecule has 1 saturated heterocycles. The Balaban J connectivity index is 1.38. The van der Waals surface area contributed by atoms with E-state index in [2.05, 4.69) is 11.8 Å². The summed E-state index contributed by atoms with van der Waals surface area (Å²) >= 11 is 0. The number of hydrogen-bond donors (Lipinski definition) is 3. The van der Waals surface area contributed by atoms with Crippen LogP contribution < -0.4 is 9.42 Å². The molecule has 3 N–H and O–H groups in total. The van der Waals surface area contributed by atoms with Crippen LogP contribution in [0.15, 0.2) is 48.3 Å². The minimum atomic E-state index is -4.92. The van der Waals surface area contributed by atoms with Gasteiger partial charge in [-0.05, 0) is 43.9 Å². The van der Waals surface area contributed by atoms with Crippen LogP contribution in [0, 0.1) is 29.6 Å². The highest BCUT2D eigenvalue weighted by Gasteiger charge is 2.47. The Morgan fingerprint density at radius 2 is 2.07 bits per heavy atom. The molecule has 0 spiro atoms. The van der Waals surface area contributed by atoms with Gasteiger partial charge >= 0.3 is 13.8 Å². The van der Waals surface area contributed by atoms with Crippen LogP contribution in [0.1, 0.15) is 57.9 Å². The van der Waals surface area contributed by atoms with Gasteiger partial charge < -0.3 is 38.5 Å². The van der Waals surface area contributed by atoms with Gasteiger partial charge in [-0.2, -0.15) is 0 Å². The van der Waals surface area contributed by atoms with Gasteiger partial charge in [0.05, 0.1) is 32.1 Å². The van der Waals surface area contributed by atoms with Gasteiger partial charge in [0.25, 0.3) is 0 Å². The quantitative estimate of drug-likeness (QED) is 0.0671. The van der Waals surface area contributed by atoms with E-state index in [1.807, 2.05) is 33.2 Å². The molecule has 0 amide bonds. The van der Waals surface area contributed by atoms with Gasteiger partial charge in [0.1, 0.15) is 31.5 Å². The Labute approximate surface area is 255 Å². The first-order valence-electron chi connectivity index (χ1n) is 14.9. The van der Waals surface area contributed by atoms with Gasteiger partial charge in [-0.25, -0.2) is 0 Å². The number of unbranched alkanes of at least 4 members (excludes halogenated alkanes) is 1. The summed E-state index contributed by atoms with van der Waals surface area (Å²) in [6.45, 7) is 4.85. The van der Waals surface area contributed by atoms with Crippen LogP contribution in [0.25, 0.3) is 0 Å². The van der Waals surface area contributed by atoms with Crippen molar-refractivity contribution < 1.29 is 47.8 Å². The highest BCUT2D eigenvalue weighted by atomic mass is 31.2. The highest BCUT2D eigenvalue weighted by molar-refractivity contribution is 7.45. The number of aliphatic hydroxyl groups is 2. The number of benzene rings is 1. The largest absolute Gasteiger partial charge is 0.746 e. The lowest BCUT2D eigenvalue weighted by molar-refractivity contribution is -0.903. The Kier molecular flexibility index (Phi) is 12.9. The third-order valence-corrected chi connectivity index (χ3v) is 8.47. The van der Waals surface area contributed by atoms with E-state index < -0.39 is 20.0 Å². The predicted molar refractivity (Wildman–Crippen MR) is 160 cm³/mol. The van der Waals surface area contributed by atoms with E-state index in [9.17, 15) is 24.5 Å². The van der Waals surface area contributed by atoms with Crippen LogP contribution >= 0.6 is 7.82 Å². The van der Waals surface area contributed by atoms with Gasteiger partial charge in [0.15, 0.2) is 0 Å². The number of rotatable bonds is 15. The SMILES string of the molecule is CC#CCC(C)[C@H](O)/C=C/[C@@H]1[C@H]2C/C(=C/CCCC(=O)OCC[N+](C)(C)Cc3ccccc3OP(=O)([O-])O)O[C@H]2C[C@H]1O. The second-order valence-electron chi connectivity index (χ2n) is 12.2. The number of esters is 1. The van der Waals surface area contributed by atoms with Crippen LogP contribution in [0.2, 0.25) is 0 Å². The van der Waals surface area contributed by atoms with Crippen LogP contribution in [0.5, 0.6) is 5.75 Å². The minimum absolute atomic E-state index is 0.0176. The lowest BCUT2D eigenvalue weighted by atomic mass is 9.89. The van der Waals surface area contributed by atoms with Gasteiger partial charge in [0, 0.05) is 43.1 Å². The second kappa shape index (κ2) is 15.9. The van der Waals surface area contributed by atoms with Crippen molar-refractivity contribution >= 4 is 13.8 Å². The summed E-state index contributed by atoms with van der Waals surface area (Å²) in [5.41, 5.74) is 0.608. The number of aliphatic hydroxyl groups excluding tert-OH is 2. The Bertz CT molecular complexity index is 1240. The number of ether oxygens (including phenoxy) is 2. The summed E-state index contributed by atoms with van der Waals surface area (Å²) in [5, 5.41) is 21.0. The fourth-order valence-electron chi connectivity index (χ4n) is 5.58. The second-order valence-corrected chi connectivity index (χ2v) is 13.3. The highest BCUT2D eigenvalue weighted by Crippen LogP contribution is 2.45. The van der Waals surface area contributed by atoms with Crippen molar-refractivity contribution in [3.63, 3.8) is 0 Å². The lowest BCUT2D eigenvalue weighted by Crippen LogP contribution is -2.41. The topological polar surface area (TPSA) is 146 Å². The zero-order chi connectivity index (χ0) is 31.6. The number of phosphoric ester groups is 1. The van der Waals surface area contributed by atoms with E-state index in [1.165, 1.54) is 6.07 Å². The molecule has 1 saturated carbocycles. The number of hydrogen-bond acceptors (Lipinski definition) is 8. The summed E-state index contributed by atoms with van der Waals surface area (Å²) in [4.78, 5) is 32.5. The van der Waals surface area contributed by atoms with Gasteiger partial charge in [-0.1, -0.05) is 31.2 Å². The van der Waals surface area contributed by atoms with Gasteiger partial charge in [-0.3, -0.25) is 9.36 Å². The lowest BCUT2D eigenvalue weighted by Gasteiger charge is -2.30. The Morgan fingerprint density at radius 1 is 1.33 bits per heavy atom. The number of carbonyl (C=O) groups is 1. The molecule has 43 heavy (non-hydrogen) atoms. The summed E-state index contributed by atoms with van der Waals surface area (Å²) in [7, 11) is -1.07. The van der Waals surface area contributed by atoms with Crippen molar-refractivity contribution in [3.8, 4) is 17.6 Å². The fraction of sp³-hybridized carbons (Fsp3) is 0.594. The normalized spacial score (nSPS) is 25.3. The number of para-hydroxylation sites is 1. The molecular weight excluding hydrogens is 573 g/mol. The van der Waals surface area contributed by atoms with Crippen LogP contribution in [-0.2, 0) is 25.4 Å². The maximum absolute atomic E-state index is 12.3. The third-order valence-electron chi connectivity index (χ3n) is 8.05. The molecule has 10 nitrogen and oxygen atoms in total. The number of fused-ring (bicyclic) bond motifs is 1. The number of quaternary nitrogens is 1. The first kappa shape index (κ1) is 34.8. The summed E-state index contributed by atoms with van der Waals surface area (Å²) in [5.74, 6) is 6.62. The van der Waals surface area contributed by atoms with Crippen LogP contribution in [0.4, 0.5) is 0 Å².